The molecule has 212 valence electrons. The second-order valence-corrected chi connectivity index (χ2v) is 11.4. The number of nitrogens with one attached hydrogen (secondary N) is 1. The maximum atomic E-state index is 13.6. The van der Waals surface area contributed by atoms with Crippen LogP contribution in [0, 0.1) is 17.2 Å². The molecule has 1 aliphatic carbocycles. The average molecular weight is 562 g/mol. The van der Waals surface area contributed by atoms with Crippen molar-refractivity contribution in [2.45, 2.75) is 32.4 Å². The Morgan fingerprint density at radius 3 is 2.67 bits per heavy atom. The number of nitriles is 1. The smallest absolute Gasteiger partial charge is 0.320 e. The number of Topliss-reactive ketones (excluding diaryl/α,β-unsaturated/α-hetero) is 2. The van der Waals surface area contributed by atoms with E-state index < -0.39 is 0 Å². The van der Waals surface area contributed by atoms with Crippen LogP contribution in [0.3, 0.4) is 0 Å². The fourth-order valence-corrected chi connectivity index (χ4v) is 6.86. The van der Waals surface area contributed by atoms with Crippen molar-refractivity contribution < 1.29 is 14.4 Å². The Kier molecular flexibility index (Phi) is 6.39. The molecule has 3 aliphatic rings. The molecule has 4 aromatic rings. The first-order chi connectivity index (χ1) is 20.5. The molecular formula is C32H31N7O3. The SMILES string of the molecule is CNCC1CCN(C(=O)N2CCn3cc(C4=C(c5cnc6ccccn56)C(=O)CC4=O)c4cc(C#N)cc(c43)C2)CC1. The summed E-state index contributed by atoms with van der Waals surface area (Å²) >= 11 is 0. The predicted octanol–water partition coefficient (Wildman–Crippen LogP) is 3.48. The Balaban J connectivity index is 1.30. The van der Waals surface area contributed by atoms with Crippen LogP contribution in [0.25, 0.3) is 27.7 Å². The Hall–Kier alpha value is -4.75. The first kappa shape index (κ1) is 26.2. The summed E-state index contributed by atoms with van der Waals surface area (Å²) in [5.41, 5.74) is 4.85. The van der Waals surface area contributed by atoms with Crippen molar-refractivity contribution in [2.24, 2.45) is 5.92 Å². The van der Waals surface area contributed by atoms with E-state index in [1.54, 1.807) is 12.3 Å². The van der Waals surface area contributed by atoms with E-state index in [1.165, 1.54) is 0 Å². The van der Waals surface area contributed by atoms with Gasteiger partial charge in [0.2, 0.25) is 0 Å². The summed E-state index contributed by atoms with van der Waals surface area (Å²) in [4.78, 5) is 48.6. The lowest BCUT2D eigenvalue weighted by atomic mass is 9.96. The number of hydrogen-bond donors (Lipinski definition) is 1. The average Bonchev–Trinajstić information content (AvgIpc) is 3.63. The van der Waals surface area contributed by atoms with Crippen LogP contribution >= 0.6 is 0 Å². The second kappa shape index (κ2) is 10.3. The van der Waals surface area contributed by atoms with Crippen molar-refractivity contribution in [1.82, 2.24) is 29.1 Å². The molecule has 3 aromatic heterocycles. The number of benzene rings is 1. The molecule has 0 spiro atoms. The number of pyridine rings is 1. The van der Waals surface area contributed by atoms with Crippen molar-refractivity contribution >= 4 is 45.3 Å². The van der Waals surface area contributed by atoms with E-state index in [-0.39, 0.29) is 24.0 Å². The maximum Gasteiger partial charge on any atom is 0.320 e. The molecule has 0 saturated carbocycles. The molecule has 1 aromatic carbocycles. The number of rotatable bonds is 4. The first-order valence-corrected chi connectivity index (χ1v) is 14.4. The fraction of sp³-hybridized carbons (Fsp3) is 0.344. The standard InChI is InChI=1S/C32H31N7O3/c1-34-16-20-5-8-36(9-6-20)32(42)38-11-10-37-19-24(23-13-21(15-33)12-22(18-38)31(23)37)29-26(40)14-27(41)30(29)25-17-35-28-4-2-3-7-39(25)28/h2-4,7,12-13,17,19-20,34H,5-6,8-11,14,16,18H2,1H3. The van der Waals surface area contributed by atoms with Crippen molar-refractivity contribution in [1.29, 1.82) is 5.26 Å². The molecule has 0 atom stereocenters. The monoisotopic (exact) mass is 561 g/mol. The van der Waals surface area contributed by atoms with E-state index in [0.29, 0.717) is 59.2 Å². The van der Waals surface area contributed by atoms with Crippen LogP contribution < -0.4 is 5.32 Å². The lowest BCUT2D eigenvalue weighted by Crippen LogP contribution is -2.47. The predicted molar refractivity (Wildman–Crippen MR) is 157 cm³/mol. The van der Waals surface area contributed by atoms with Gasteiger partial charge in [0.15, 0.2) is 11.6 Å². The largest absolute Gasteiger partial charge is 0.345 e. The van der Waals surface area contributed by atoms with Crippen LogP contribution in [0.15, 0.2) is 48.9 Å². The van der Waals surface area contributed by atoms with Gasteiger partial charge in [-0.05, 0) is 62.2 Å². The fourth-order valence-electron chi connectivity index (χ4n) is 6.86. The zero-order valence-electron chi connectivity index (χ0n) is 23.5. The van der Waals surface area contributed by atoms with E-state index in [4.69, 9.17) is 0 Å². The number of piperidine rings is 1. The number of urea groups is 1. The zero-order chi connectivity index (χ0) is 29.0. The van der Waals surface area contributed by atoms with Gasteiger partial charge in [0.05, 0.1) is 41.0 Å². The van der Waals surface area contributed by atoms with Gasteiger partial charge in [-0.15, -0.1) is 0 Å². The molecule has 7 rings (SSSR count). The molecule has 1 fully saturated rings. The number of likely N-dealkylation sites (tertiary alicyclic amines) is 1. The molecule has 1 N–H and O–H groups in total. The summed E-state index contributed by atoms with van der Waals surface area (Å²) in [6.07, 6.45) is 7.15. The minimum absolute atomic E-state index is 0.0218. The Bertz CT molecular complexity index is 1850. The number of fused-ring (bicyclic) bond motifs is 1. The van der Waals surface area contributed by atoms with Crippen LogP contribution in [0.4, 0.5) is 4.79 Å². The molecule has 10 nitrogen and oxygen atoms in total. The van der Waals surface area contributed by atoms with Crippen LogP contribution in [0.1, 0.15) is 41.6 Å². The van der Waals surface area contributed by atoms with E-state index in [2.05, 4.69) is 20.9 Å². The van der Waals surface area contributed by atoms with Crippen molar-refractivity contribution in [2.75, 3.05) is 33.2 Å². The van der Waals surface area contributed by atoms with Gasteiger partial charge < -0.3 is 19.7 Å². The van der Waals surface area contributed by atoms with Crippen molar-refractivity contribution in [3.05, 3.63) is 71.3 Å². The topological polar surface area (TPSA) is 116 Å². The Morgan fingerprint density at radius 1 is 1.07 bits per heavy atom. The lowest BCUT2D eigenvalue weighted by molar-refractivity contribution is -0.119. The molecule has 0 bridgehead atoms. The highest BCUT2D eigenvalue weighted by Gasteiger charge is 2.36. The molecule has 0 radical (unpaired) electrons. The van der Waals surface area contributed by atoms with Gasteiger partial charge in [-0.2, -0.15) is 5.26 Å². The van der Waals surface area contributed by atoms with Crippen molar-refractivity contribution in [3.63, 3.8) is 0 Å². The highest BCUT2D eigenvalue weighted by molar-refractivity contribution is 6.51. The van der Waals surface area contributed by atoms with E-state index in [0.717, 1.165) is 48.9 Å². The minimum Gasteiger partial charge on any atom is -0.345 e. The summed E-state index contributed by atoms with van der Waals surface area (Å²) in [7, 11) is 1.96. The summed E-state index contributed by atoms with van der Waals surface area (Å²) < 4.78 is 3.90. The van der Waals surface area contributed by atoms with Crippen LogP contribution in [-0.4, -0.2) is 74.6 Å². The number of ketones is 2. The molecule has 42 heavy (non-hydrogen) atoms. The number of aromatic nitrogens is 3. The lowest BCUT2D eigenvalue weighted by Gasteiger charge is -2.35. The second-order valence-electron chi connectivity index (χ2n) is 11.4. The Labute approximate surface area is 242 Å². The third kappa shape index (κ3) is 4.20. The number of nitrogens with zero attached hydrogens (tertiary/aromatic N) is 6. The Morgan fingerprint density at radius 2 is 1.88 bits per heavy atom. The highest BCUT2D eigenvalue weighted by Crippen LogP contribution is 2.41. The maximum absolute atomic E-state index is 13.6. The van der Waals surface area contributed by atoms with Crippen LogP contribution in [0.2, 0.25) is 0 Å². The molecule has 1 saturated heterocycles. The normalized spacial score (nSPS) is 17.9. The molecule has 0 unspecified atom stereocenters. The van der Waals surface area contributed by atoms with E-state index >= 15 is 0 Å². The van der Waals surface area contributed by atoms with Crippen molar-refractivity contribution in [3.8, 4) is 6.07 Å². The minimum atomic E-state index is -0.237. The number of allylic oxidation sites excluding steroid dienone is 2. The van der Waals surface area contributed by atoms with Gasteiger partial charge in [-0.3, -0.25) is 14.0 Å². The van der Waals surface area contributed by atoms with Gasteiger partial charge >= 0.3 is 6.03 Å². The zero-order valence-corrected chi connectivity index (χ0v) is 23.5. The molecule has 2 aliphatic heterocycles. The third-order valence-corrected chi connectivity index (χ3v) is 8.87. The van der Waals surface area contributed by atoms with Crippen LogP contribution in [-0.2, 0) is 22.7 Å². The van der Waals surface area contributed by atoms with Gasteiger partial charge in [0.25, 0.3) is 0 Å². The van der Waals surface area contributed by atoms with Gasteiger partial charge in [-0.25, -0.2) is 9.78 Å². The van der Waals surface area contributed by atoms with Gasteiger partial charge in [0, 0.05) is 61.6 Å². The molecule has 10 heteroatoms. The van der Waals surface area contributed by atoms with E-state index in [9.17, 15) is 19.6 Å². The highest BCUT2D eigenvalue weighted by atomic mass is 16.2. The summed E-state index contributed by atoms with van der Waals surface area (Å²) in [5, 5.41) is 13.9. The molecule has 5 heterocycles. The number of imidazole rings is 1. The first-order valence-electron chi connectivity index (χ1n) is 14.4. The van der Waals surface area contributed by atoms with E-state index in [1.807, 2.05) is 57.9 Å². The summed E-state index contributed by atoms with van der Waals surface area (Å²) in [6, 6.07) is 11.5. The van der Waals surface area contributed by atoms with Gasteiger partial charge in [0.1, 0.15) is 5.65 Å². The number of carbonyl (C=O) groups is 3. The molecular weight excluding hydrogens is 530 g/mol. The van der Waals surface area contributed by atoms with Gasteiger partial charge in [-0.1, -0.05) is 6.07 Å². The third-order valence-electron chi connectivity index (χ3n) is 8.87. The molecule has 2 amide bonds. The number of carbonyl (C=O) groups excluding carboxylic acids is 3. The summed E-state index contributed by atoms with van der Waals surface area (Å²) in [6.45, 7) is 3.85. The number of amides is 2. The quantitative estimate of drug-likeness (QED) is 0.382. The number of hydrogen-bond acceptors (Lipinski definition) is 6. The van der Waals surface area contributed by atoms with Crippen LogP contribution in [0.5, 0.6) is 0 Å². The summed E-state index contributed by atoms with van der Waals surface area (Å²) in [5.74, 6) is 0.110.